The normalized spacial score (nSPS) is 23.1. The van der Waals surface area contributed by atoms with Crippen LogP contribution in [0.4, 0.5) is 8.78 Å². The fraction of sp³-hybridized carbons (Fsp3) is 0.769. The summed E-state index contributed by atoms with van der Waals surface area (Å²) in [5, 5.41) is 17.3. The van der Waals surface area contributed by atoms with Gasteiger partial charge in [-0.1, -0.05) is 24.5 Å². The number of esters is 1. The molecule has 0 aromatic carbocycles. The Morgan fingerprint density at radius 3 is 2.81 bits per heavy atom. The van der Waals surface area contributed by atoms with E-state index in [1.54, 1.807) is 6.92 Å². The minimum Gasteiger partial charge on any atom is -0.461 e. The smallest absolute Gasteiger partial charge is 0.361 e. The summed E-state index contributed by atoms with van der Waals surface area (Å²) >= 11 is 0. The van der Waals surface area contributed by atoms with Crippen molar-refractivity contribution >= 4 is 5.97 Å². The Morgan fingerprint density at radius 2 is 2.14 bits per heavy atom. The van der Waals surface area contributed by atoms with E-state index < -0.39 is 35.9 Å². The third-order valence-corrected chi connectivity index (χ3v) is 3.66. The van der Waals surface area contributed by atoms with Gasteiger partial charge >= 0.3 is 5.97 Å². The maximum absolute atomic E-state index is 13.3. The number of ether oxygens (including phenoxy) is 1. The van der Waals surface area contributed by atoms with Crippen LogP contribution in [0.25, 0.3) is 0 Å². The topological polar surface area (TPSA) is 77.2 Å². The van der Waals surface area contributed by atoms with Crippen molar-refractivity contribution in [2.45, 2.75) is 57.6 Å². The van der Waals surface area contributed by atoms with Gasteiger partial charge in [-0.15, -0.1) is 5.10 Å². The summed E-state index contributed by atoms with van der Waals surface area (Å²) in [6, 6.07) is -0.577. The number of aromatic nitrogens is 3. The molecule has 0 amide bonds. The number of halogens is 2. The third-order valence-electron chi connectivity index (χ3n) is 3.66. The van der Waals surface area contributed by atoms with Crippen molar-refractivity contribution in [2.75, 3.05) is 6.61 Å². The number of nitrogens with zero attached hydrogens (tertiary/aromatic N) is 3. The van der Waals surface area contributed by atoms with Crippen LogP contribution >= 0.6 is 0 Å². The fourth-order valence-electron chi connectivity index (χ4n) is 2.65. The highest BCUT2D eigenvalue weighted by atomic mass is 19.3. The van der Waals surface area contributed by atoms with E-state index in [-0.39, 0.29) is 6.61 Å². The van der Waals surface area contributed by atoms with E-state index in [1.807, 2.05) is 0 Å². The lowest BCUT2D eigenvalue weighted by atomic mass is 10.1. The highest BCUT2D eigenvalue weighted by Crippen LogP contribution is 2.32. The maximum Gasteiger partial charge on any atom is 0.361 e. The molecule has 0 saturated heterocycles. The molecule has 0 bridgehead atoms. The number of carbonyl (C=O) groups is 1. The fourth-order valence-corrected chi connectivity index (χ4v) is 2.65. The number of rotatable bonds is 4. The summed E-state index contributed by atoms with van der Waals surface area (Å²) in [5.41, 5.74) is -1.04. The number of alkyl halides is 2. The molecule has 1 heterocycles. The molecule has 8 heteroatoms. The zero-order valence-corrected chi connectivity index (χ0v) is 11.8. The van der Waals surface area contributed by atoms with Gasteiger partial charge in [-0.25, -0.2) is 18.3 Å². The number of hydrogen-bond acceptors (Lipinski definition) is 5. The van der Waals surface area contributed by atoms with Crippen LogP contribution in [-0.4, -0.2) is 38.8 Å². The van der Waals surface area contributed by atoms with Crippen LogP contribution < -0.4 is 0 Å². The van der Waals surface area contributed by atoms with E-state index in [0.29, 0.717) is 12.8 Å². The minimum absolute atomic E-state index is 0.0699. The van der Waals surface area contributed by atoms with Crippen molar-refractivity contribution < 1.29 is 23.4 Å². The largest absolute Gasteiger partial charge is 0.461 e. The van der Waals surface area contributed by atoms with Gasteiger partial charge in [-0.3, -0.25) is 0 Å². The predicted molar refractivity (Wildman–Crippen MR) is 69.1 cm³/mol. The van der Waals surface area contributed by atoms with Gasteiger partial charge in [0.05, 0.1) is 18.8 Å². The summed E-state index contributed by atoms with van der Waals surface area (Å²) < 4.78 is 32.4. The van der Waals surface area contributed by atoms with E-state index in [9.17, 15) is 18.7 Å². The monoisotopic (exact) mass is 303 g/mol. The molecule has 1 saturated carbocycles. The number of aliphatic hydroxyl groups is 1. The van der Waals surface area contributed by atoms with Crippen LogP contribution in [0.5, 0.6) is 0 Å². The van der Waals surface area contributed by atoms with Gasteiger partial charge in [-0.2, -0.15) is 0 Å². The van der Waals surface area contributed by atoms with Crippen LogP contribution in [0.3, 0.4) is 0 Å². The van der Waals surface area contributed by atoms with E-state index in [4.69, 9.17) is 4.74 Å². The Morgan fingerprint density at radius 1 is 1.43 bits per heavy atom. The Balaban J connectivity index is 2.36. The Bertz CT molecular complexity index is 493. The Hall–Kier alpha value is -1.57. The average Bonchev–Trinajstić information content (AvgIpc) is 2.77. The zero-order valence-electron chi connectivity index (χ0n) is 11.8. The van der Waals surface area contributed by atoms with Gasteiger partial charge in [0, 0.05) is 0 Å². The SMILES string of the molecule is CCOC(=O)c1nnn(C2CCCCCC2O)c1C(F)F. The lowest BCUT2D eigenvalue weighted by molar-refractivity contribution is 0.0500. The highest BCUT2D eigenvalue weighted by Gasteiger charge is 2.33. The molecular formula is C13H19F2N3O3. The van der Waals surface area contributed by atoms with Gasteiger partial charge in [0.2, 0.25) is 0 Å². The zero-order chi connectivity index (χ0) is 15.4. The molecule has 2 unspecified atom stereocenters. The van der Waals surface area contributed by atoms with E-state index in [0.717, 1.165) is 23.9 Å². The van der Waals surface area contributed by atoms with Crippen molar-refractivity contribution in [1.82, 2.24) is 15.0 Å². The van der Waals surface area contributed by atoms with Crippen LogP contribution in [0, 0.1) is 0 Å². The van der Waals surface area contributed by atoms with Crippen LogP contribution in [-0.2, 0) is 4.74 Å². The second-order valence-electron chi connectivity index (χ2n) is 5.06. The summed E-state index contributed by atoms with van der Waals surface area (Å²) in [4.78, 5) is 11.7. The second-order valence-corrected chi connectivity index (χ2v) is 5.06. The second kappa shape index (κ2) is 6.93. The molecule has 2 atom stereocenters. The maximum atomic E-state index is 13.3. The summed E-state index contributed by atoms with van der Waals surface area (Å²) in [5.74, 6) is -0.915. The first-order valence-electron chi connectivity index (χ1n) is 7.14. The molecule has 0 aliphatic heterocycles. The Labute approximate surface area is 121 Å². The quantitative estimate of drug-likeness (QED) is 0.682. The molecular weight excluding hydrogens is 284 g/mol. The minimum atomic E-state index is -2.91. The van der Waals surface area contributed by atoms with Gasteiger partial charge in [0.15, 0.2) is 5.69 Å². The lowest BCUT2D eigenvalue weighted by Gasteiger charge is -2.22. The molecule has 0 spiro atoms. The number of carbonyl (C=O) groups excluding carboxylic acids is 1. The van der Waals surface area contributed by atoms with Crippen molar-refractivity contribution in [2.24, 2.45) is 0 Å². The first kappa shape index (κ1) is 15.8. The van der Waals surface area contributed by atoms with E-state index >= 15 is 0 Å². The molecule has 1 aliphatic rings. The molecule has 118 valence electrons. The van der Waals surface area contributed by atoms with Crippen molar-refractivity contribution in [1.29, 1.82) is 0 Å². The van der Waals surface area contributed by atoms with Crippen molar-refractivity contribution in [3.8, 4) is 0 Å². The third kappa shape index (κ3) is 3.37. The number of hydrogen-bond donors (Lipinski definition) is 1. The summed E-state index contributed by atoms with van der Waals surface area (Å²) in [6.45, 7) is 1.65. The molecule has 1 N–H and O–H groups in total. The molecule has 1 aromatic rings. The molecule has 1 aliphatic carbocycles. The molecule has 1 fully saturated rings. The van der Waals surface area contributed by atoms with Crippen LogP contribution in [0.2, 0.25) is 0 Å². The van der Waals surface area contributed by atoms with Gasteiger partial charge in [0.25, 0.3) is 6.43 Å². The van der Waals surface area contributed by atoms with E-state index in [1.165, 1.54) is 0 Å². The van der Waals surface area contributed by atoms with Gasteiger partial charge < -0.3 is 9.84 Å². The molecule has 6 nitrogen and oxygen atoms in total. The number of aliphatic hydroxyl groups excluding tert-OH is 1. The van der Waals surface area contributed by atoms with Crippen LogP contribution in [0.15, 0.2) is 0 Å². The van der Waals surface area contributed by atoms with Crippen molar-refractivity contribution in [3.05, 3.63) is 11.4 Å². The highest BCUT2D eigenvalue weighted by molar-refractivity contribution is 5.88. The molecule has 1 aromatic heterocycles. The first-order chi connectivity index (χ1) is 10.1. The summed E-state index contributed by atoms with van der Waals surface area (Å²) in [6.07, 6.45) is 0.00238. The van der Waals surface area contributed by atoms with Gasteiger partial charge in [-0.05, 0) is 19.8 Å². The van der Waals surface area contributed by atoms with Crippen LogP contribution in [0.1, 0.15) is 67.7 Å². The van der Waals surface area contributed by atoms with E-state index in [2.05, 4.69) is 10.3 Å². The Kier molecular flexibility index (Phi) is 5.22. The average molecular weight is 303 g/mol. The molecule has 2 rings (SSSR count). The predicted octanol–water partition coefficient (Wildman–Crippen LogP) is 2.26. The standard InChI is InChI=1S/C13H19F2N3O3/c1-2-21-13(20)10-11(12(14)15)18(17-16-10)8-6-4-3-5-7-9(8)19/h8-9,12,19H,2-7H2,1H3. The van der Waals surface area contributed by atoms with Gasteiger partial charge in [0.1, 0.15) is 5.69 Å². The molecule has 21 heavy (non-hydrogen) atoms. The van der Waals surface area contributed by atoms with Crippen molar-refractivity contribution in [3.63, 3.8) is 0 Å². The molecule has 0 radical (unpaired) electrons. The lowest BCUT2D eigenvalue weighted by Crippen LogP contribution is -2.26. The summed E-state index contributed by atoms with van der Waals surface area (Å²) in [7, 11) is 0. The first-order valence-corrected chi connectivity index (χ1v) is 7.14.